The van der Waals surface area contributed by atoms with Gasteiger partial charge in [-0.2, -0.15) is 0 Å². The van der Waals surface area contributed by atoms with E-state index in [9.17, 15) is 0 Å². The zero-order valence-corrected chi connectivity index (χ0v) is 8.28. The number of hydrogen-bond acceptors (Lipinski definition) is 1. The van der Waals surface area contributed by atoms with Gasteiger partial charge in [-0.25, -0.2) is 0 Å². The summed E-state index contributed by atoms with van der Waals surface area (Å²) in [5.74, 6) is 0. The minimum Gasteiger partial charge on any atom is -0.372 e. The highest BCUT2D eigenvalue weighted by Crippen LogP contribution is 2.22. The molecule has 1 aliphatic rings. The lowest BCUT2D eigenvalue weighted by atomic mass is 10.2. The lowest BCUT2D eigenvalue weighted by molar-refractivity contribution is 0.0343. The first kappa shape index (κ1) is 9.69. The molecule has 2 atom stereocenters. The average Bonchev–Trinajstić information content (AvgIpc) is 2.63. The summed E-state index contributed by atoms with van der Waals surface area (Å²) in [7, 11) is 0. The van der Waals surface area contributed by atoms with E-state index in [1.807, 2.05) is 18.2 Å². The molecule has 1 aliphatic carbocycles. The molecule has 75 valence electrons. The Morgan fingerprint density at radius 2 is 2.00 bits per heavy atom. The zero-order chi connectivity index (χ0) is 9.80. The van der Waals surface area contributed by atoms with Crippen LogP contribution in [0.5, 0.6) is 0 Å². The van der Waals surface area contributed by atoms with Gasteiger partial charge in [0.25, 0.3) is 0 Å². The van der Waals surface area contributed by atoms with Crippen molar-refractivity contribution >= 4 is 0 Å². The van der Waals surface area contributed by atoms with E-state index >= 15 is 0 Å². The fourth-order valence-corrected chi connectivity index (χ4v) is 1.90. The summed E-state index contributed by atoms with van der Waals surface area (Å²) in [5.41, 5.74) is 8.93. The summed E-state index contributed by atoms with van der Waals surface area (Å²) >= 11 is 0. The van der Waals surface area contributed by atoms with Gasteiger partial charge in [-0.3, -0.25) is 5.73 Å². The molecular weight excluding hydrogens is 174 g/mol. The molecule has 2 nitrogen and oxygen atoms in total. The van der Waals surface area contributed by atoms with Crippen LogP contribution in [-0.4, -0.2) is 12.1 Å². The first-order chi connectivity index (χ1) is 6.86. The van der Waals surface area contributed by atoms with E-state index in [1.165, 1.54) is 5.56 Å². The molecule has 14 heavy (non-hydrogen) atoms. The van der Waals surface area contributed by atoms with Crippen LogP contribution in [0.15, 0.2) is 30.3 Å². The predicted octanol–water partition coefficient (Wildman–Crippen LogP) is 2.41. The van der Waals surface area contributed by atoms with E-state index in [4.69, 9.17) is 10.5 Å². The molecular formula is C12H16NO. The second-order valence-corrected chi connectivity index (χ2v) is 3.87. The molecule has 0 spiro atoms. The number of benzene rings is 1. The minimum atomic E-state index is -0.00119. The van der Waals surface area contributed by atoms with Crippen LogP contribution >= 0.6 is 0 Å². The molecule has 1 saturated carbocycles. The van der Waals surface area contributed by atoms with E-state index in [0.717, 1.165) is 19.3 Å². The zero-order valence-electron chi connectivity index (χ0n) is 8.28. The SMILES string of the molecule is [NH]C1CCCC1OCc1ccccc1. The van der Waals surface area contributed by atoms with E-state index < -0.39 is 0 Å². The second kappa shape index (κ2) is 4.58. The summed E-state index contributed by atoms with van der Waals surface area (Å²) in [6.07, 6.45) is 3.36. The lowest BCUT2D eigenvalue weighted by Crippen LogP contribution is -2.23. The average molecular weight is 190 g/mol. The highest BCUT2D eigenvalue weighted by Gasteiger charge is 2.24. The highest BCUT2D eigenvalue weighted by molar-refractivity contribution is 5.13. The first-order valence-electron chi connectivity index (χ1n) is 5.23. The summed E-state index contributed by atoms with van der Waals surface area (Å²) in [6, 6.07) is 10.2. The Balaban J connectivity index is 1.82. The van der Waals surface area contributed by atoms with Gasteiger partial charge in [-0.1, -0.05) is 30.3 Å². The van der Waals surface area contributed by atoms with Crippen LogP contribution in [-0.2, 0) is 11.3 Å². The predicted molar refractivity (Wildman–Crippen MR) is 55.8 cm³/mol. The molecule has 1 aromatic carbocycles. The molecule has 2 rings (SSSR count). The van der Waals surface area contributed by atoms with Gasteiger partial charge < -0.3 is 4.74 Å². The van der Waals surface area contributed by atoms with Crippen LogP contribution < -0.4 is 5.73 Å². The van der Waals surface area contributed by atoms with E-state index in [2.05, 4.69) is 12.1 Å². The van der Waals surface area contributed by atoms with Crippen molar-refractivity contribution in [2.45, 2.75) is 38.0 Å². The van der Waals surface area contributed by atoms with Crippen LogP contribution in [0.25, 0.3) is 0 Å². The van der Waals surface area contributed by atoms with Gasteiger partial charge in [-0.05, 0) is 24.8 Å². The molecule has 0 aromatic heterocycles. The Labute approximate surface area is 85.1 Å². The molecule has 0 saturated heterocycles. The fourth-order valence-electron chi connectivity index (χ4n) is 1.90. The van der Waals surface area contributed by atoms with E-state index in [0.29, 0.717) is 6.61 Å². The molecule has 0 heterocycles. The van der Waals surface area contributed by atoms with Crippen molar-refractivity contribution in [1.29, 1.82) is 0 Å². The van der Waals surface area contributed by atoms with Gasteiger partial charge >= 0.3 is 0 Å². The molecule has 1 N–H and O–H groups in total. The van der Waals surface area contributed by atoms with Gasteiger partial charge in [0.05, 0.1) is 12.7 Å². The van der Waals surface area contributed by atoms with Crippen molar-refractivity contribution in [2.24, 2.45) is 0 Å². The number of ether oxygens (including phenoxy) is 1. The van der Waals surface area contributed by atoms with Crippen LogP contribution in [0.2, 0.25) is 0 Å². The standard InChI is InChI=1S/C12H16NO/c13-11-7-4-8-12(11)14-9-10-5-2-1-3-6-10/h1-3,5-6,11-13H,4,7-9H2. The second-order valence-electron chi connectivity index (χ2n) is 3.87. The number of nitrogens with one attached hydrogen (secondary N) is 1. The summed E-state index contributed by atoms with van der Waals surface area (Å²) < 4.78 is 5.71. The van der Waals surface area contributed by atoms with E-state index in [1.54, 1.807) is 0 Å². The third-order valence-electron chi connectivity index (χ3n) is 2.76. The quantitative estimate of drug-likeness (QED) is 0.720. The van der Waals surface area contributed by atoms with Gasteiger partial charge in [0, 0.05) is 6.04 Å². The minimum absolute atomic E-state index is 0.00119. The van der Waals surface area contributed by atoms with Crippen LogP contribution in [0.3, 0.4) is 0 Å². The van der Waals surface area contributed by atoms with Gasteiger partial charge in [-0.15, -0.1) is 0 Å². The summed E-state index contributed by atoms with van der Waals surface area (Å²) in [4.78, 5) is 0. The Morgan fingerprint density at radius 1 is 1.21 bits per heavy atom. The maximum absolute atomic E-state index is 7.73. The maximum atomic E-state index is 7.73. The number of rotatable bonds is 3. The molecule has 2 unspecified atom stereocenters. The Bertz CT molecular complexity index is 273. The van der Waals surface area contributed by atoms with Gasteiger partial charge in [0.1, 0.15) is 0 Å². The largest absolute Gasteiger partial charge is 0.372 e. The van der Waals surface area contributed by atoms with Crippen molar-refractivity contribution in [2.75, 3.05) is 0 Å². The van der Waals surface area contributed by atoms with E-state index in [-0.39, 0.29) is 12.1 Å². The van der Waals surface area contributed by atoms with Crippen LogP contribution in [0.1, 0.15) is 24.8 Å². The Kier molecular flexibility index (Phi) is 3.17. The molecule has 1 aromatic rings. The summed E-state index contributed by atoms with van der Waals surface area (Å²) in [5, 5.41) is 0. The molecule has 0 aliphatic heterocycles. The molecule has 1 fully saturated rings. The first-order valence-corrected chi connectivity index (χ1v) is 5.23. The normalized spacial score (nSPS) is 26.6. The highest BCUT2D eigenvalue weighted by atomic mass is 16.5. The third kappa shape index (κ3) is 2.34. The monoisotopic (exact) mass is 190 g/mol. The fraction of sp³-hybridized carbons (Fsp3) is 0.500. The maximum Gasteiger partial charge on any atom is 0.0746 e. The molecule has 0 bridgehead atoms. The van der Waals surface area contributed by atoms with Crippen LogP contribution in [0, 0.1) is 0 Å². The molecule has 0 amide bonds. The number of hydrogen-bond donors (Lipinski definition) is 0. The smallest absolute Gasteiger partial charge is 0.0746 e. The Morgan fingerprint density at radius 3 is 2.64 bits per heavy atom. The van der Waals surface area contributed by atoms with Gasteiger partial charge in [0.15, 0.2) is 0 Å². The van der Waals surface area contributed by atoms with Crippen molar-refractivity contribution in [3.05, 3.63) is 35.9 Å². The van der Waals surface area contributed by atoms with Gasteiger partial charge in [0.2, 0.25) is 0 Å². The van der Waals surface area contributed by atoms with Crippen LogP contribution in [0.4, 0.5) is 0 Å². The topological polar surface area (TPSA) is 33.0 Å². The lowest BCUT2D eigenvalue weighted by Gasteiger charge is -2.15. The Hall–Kier alpha value is -0.860. The van der Waals surface area contributed by atoms with Crippen molar-refractivity contribution in [1.82, 2.24) is 5.73 Å². The van der Waals surface area contributed by atoms with Crippen molar-refractivity contribution in [3.63, 3.8) is 0 Å². The molecule has 1 radical (unpaired) electrons. The third-order valence-corrected chi connectivity index (χ3v) is 2.76. The van der Waals surface area contributed by atoms with Crippen molar-refractivity contribution in [3.8, 4) is 0 Å². The summed E-state index contributed by atoms with van der Waals surface area (Å²) in [6.45, 7) is 0.654. The van der Waals surface area contributed by atoms with Crippen molar-refractivity contribution < 1.29 is 4.74 Å². The molecule has 2 heteroatoms.